The van der Waals surface area contributed by atoms with Gasteiger partial charge in [-0.05, 0) is 18.7 Å². The van der Waals surface area contributed by atoms with Crippen LogP contribution < -0.4 is 11.2 Å². The smallest absolute Gasteiger partial charge is 0.329 e. The molecule has 118 valence electrons. The molecule has 0 aliphatic carbocycles. The van der Waals surface area contributed by atoms with Crippen LogP contribution in [0, 0.1) is 0 Å². The Morgan fingerprint density at radius 1 is 1.19 bits per heavy atom. The summed E-state index contributed by atoms with van der Waals surface area (Å²) in [6.07, 6.45) is -4.37. The second-order valence-electron chi connectivity index (χ2n) is 5.29. The maximum Gasteiger partial charge on any atom is 0.416 e. The van der Waals surface area contributed by atoms with Crippen molar-refractivity contribution in [2.24, 2.45) is 5.73 Å². The zero-order valence-corrected chi connectivity index (χ0v) is 12.0. The van der Waals surface area contributed by atoms with E-state index < -0.39 is 17.8 Å². The number of nitrogens with one attached hydrogen (secondary N) is 1. The first-order valence-electron chi connectivity index (χ1n) is 6.97. The van der Waals surface area contributed by atoms with Crippen LogP contribution in [-0.2, 0) is 6.18 Å². The molecule has 4 nitrogen and oxygen atoms in total. The number of piperazine rings is 1. The third-order valence-corrected chi connectivity index (χ3v) is 3.72. The molecule has 1 aliphatic rings. The Bertz CT molecular complexity index is 456. The van der Waals surface area contributed by atoms with E-state index in [4.69, 9.17) is 5.73 Å². The highest BCUT2D eigenvalue weighted by atomic mass is 19.4. The molecule has 3 N–H and O–H groups in total. The van der Waals surface area contributed by atoms with Gasteiger partial charge in [-0.25, -0.2) is 10.4 Å². The second-order valence-corrected chi connectivity index (χ2v) is 5.29. The molecule has 7 heteroatoms. The molecule has 1 aliphatic heterocycles. The second kappa shape index (κ2) is 6.74. The van der Waals surface area contributed by atoms with Crippen molar-refractivity contribution in [1.82, 2.24) is 15.3 Å². The molecule has 0 bridgehead atoms. The van der Waals surface area contributed by atoms with Crippen LogP contribution in [0.15, 0.2) is 24.3 Å². The quantitative estimate of drug-likeness (QED) is 0.884. The summed E-state index contributed by atoms with van der Waals surface area (Å²) in [6.45, 7) is 3.40. The number of hydrogen-bond acceptors (Lipinski definition) is 4. The third-order valence-electron chi connectivity index (χ3n) is 3.72. The number of nitrogens with two attached hydrogens (primary N) is 1. The van der Waals surface area contributed by atoms with Gasteiger partial charge in [0.1, 0.15) is 0 Å². The third kappa shape index (κ3) is 4.16. The van der Waals surface area contributed by atoms with Gasteiger partial charge in [0.25, 0.3) is 0 Å². The highest BCUT2D eigenvalue weighted by Gasteiger charge is 2.35. The number of hydrazine groups is 1. The number of benzene rings is 1. The SMILES string of the molecule is CN1CCN(NC(CN)c2ccccc2C(F)(F)F)CC1. The Balaban J connectivity index is 2.14. The van der Waals surface area contributed by atoms with Gasteiger partial charge in [-0.1, -0.05) is 18.2 Å². The lowest BCUT2D eigenvalue weighted by molar-refractivity contribution is -0.138. The monoisotopic (exact) mass is 302 g/mol. The van der Waals surface area contributed by atoms with Crippen molar-refractivity contribution in [2.45, 2.75) is 12.2 Å². The van der Waals surface area contributed by atoms with E-state index in [-0.39, 0.29) is 12.1 Å². The molecular weight excluding hydrogens is 281 g/mol. The van der Waals surface area contributed by atoms with Gasteiger partial charge in [0, 0.05) is 32.7 Å². The van der Waals surface area contributed by atoms with Crippen molar-refractivity contribution in [1.29, 1.82) is 0 Å². The van der Waals surface area contributed by atoms with Crippen molar-refractivity contribution < 1.29 is 13.2 Å². The summed E-state index contributed by atoms with van der Waals surface area (Å²) in [5.41, 5.74) is 8.41. The van der Waals surface area contributed by atoms with Gasteiger partial charge in [-0.3, -0.25) is 0 Å². The first-order chi connectivity index (χ1) is 9.91. The van der Waals surface area contributed by atoms with Crippen LogP contribution in [0.4, 0.5) is 13.2 Å². The lowest BCUT2D eigenvalue weighted by atomic mass is 10.0. The van der Waals surface area contributed by atoms with E-state index in [1.54, 1.807) is 6.07 Å². The van der Waals surface area contributed by atoms with E-state index in [1.165, 1.54) is 12.1 Å². The molecule has 0 saturated carbocycles. The number of hydrogen-bond donors (Lipinski definition) is 2. The van der Waals surface area contributed by atoms with Crippen molar-refractivity contribution in [3.63, 3.8) is 0 Å². The molecule has 0 aromatic heterocycles. The molecule has 0 radical (unpaired) electrons. The lowest BCUT2D eigenvalue weighted by Crippen LogP contribution is -2.52. The van der Waals surface area contributed by atoms with Crippen LogP contribution in [0.1, 0.15) is 17.2 Å². The van der Waals surface area contributed by atoms with Gasteiger partial charge in [0.2, 0.25) is 0 Å². The topological polar surface area (TPSA) is 44.5 Å². The Morgan fingerprint density at radius 2 is 1.81 bits per heavy atom. The normalized spacial score (nSPS) is 19.7. The summed E-state index contributed by atoms with van der Waals surface area (Å²) in [6, 6.07) is 5.06. The van der Waals surface area contributed by atoms with E-state index >= 15 is 0 Å². The minimum absolute atomic E-state index is 0.111. The zero-order chi connectivity index (χ0) is 15.5. The van der Waals surface area contributed by atoms with E-state index in [0.29, 0.717) is 0 Å². The van der Waals surface area contributed by atoms with Gasteiger partial charge < -0.3 is 10.6 Å². The minimum atomic E-state index is -4.37. The fourth-order valence-electron chi connectivity index (χ4n) is 2.46. The average molecular weight is 302 g/mol. The standard InChI is InChI=1S/C14H21F3N4/c1-20-6-8-21(9-7-20)19-13(10-18)11-4-2-3-5-12(11)14(15,16)17/h2-5,13,19H,6-10,18H2,1H3. The molecule has 1 aromatic carbocycles. The largest absolute Gasteiger partial charge is 0.416 e. The molecule has 1 saturated heterocycles. The van der Waals surface area contributed by atoms with E-state index in [0.717, 1.165) is 32.2 Å². The van der Waals surface area contributed by atoms with Crippen LogP contribution in [0.2, 0.25) is 0 Å². The van der Waals surface area contributed by atoms with Crippen molar-refractivity contribution in [3.05, 3.63) is 35.4 Å². The Kier molecular flexibility index (Phi) is 5.21. The van der Waals surface area contributed by atoms with E-state index in [9.17, 15) is 13.2 Å². The molecule has 1 fully saturated rings. The first kappa shape index (κ1) is 16.2. The minimum Gasteiger partial charge on any atom is -0.329 e. The van der Waals surface area contributed by atoms with Crippen LogP contribution in [0.3, 0.4) is 0 Å². The van der Waals surface area contributed by atoms with Crippen LogP contribution in [0.25, 0.3) is 0 Å². The molecule has 1 atom stereocenters. The fourth-order valence-corrected chi connectivity index (χ4v) is 2.46. The predicted molar refractivity (Wildman–Crippen MR) is 75.4 cm³/mol. The molecule has 1 heterocycles. The summed E-state index contributed by atoms with van der Waals surface area (Å²) in [7, 11) is 2.02. The van der Waals surface area contributed by atoms with Crippen molar-refractivity contribution in [3.8, 4) is 0 Å². The number of halogens is 3. The molecule has 1 aromatic rings. The van der Waals surface area contributed by atoms with Gasteiger partial charge in [-0.2, -0.15) is 13.2 Å². The lowest BCUT2D eigenvalue weighted by Gasteiger charge is -2.35. The van der Waals surface area contributed by atoms with Crippen molar-refractivity contribution in [2.75, 3.05) is 39.8 Å². The highest BCUT2D eigenvalue weighted by molar-refractivity contribution is 5.32. The number of alkyl halides is 3. The Labute approximate surface area is 122 Å². The number of likely N-dealkylation sites (N-methyl/N-ethyl adjacent to an activating group) is 1. The van der Waals surface area contributed by atoms with Crippen LogP contribution in [-0.4, -0.2) is 49.7 Å². The maximum atomic E-state index is 13.1. The number of rotatable bonds is 4. The van der Waals surface area contributed by atoms with Gasteiger partial charge in [0.05, 0.1) is 11.6 Å². The molecule has 0 spiro atoms. The van der Waals surface area contributed by atoms with Gasteiger partial charge in [0.15, 0.2) is 0 Å². The average Bonchev–Trinajstić information content (AvgIpc) is 2.46. The summed E-state index contributed by atoms with van der Waals surface area (Å²) in [5, 5.41) is 1.95. The van der Waals surface area contributed by atoms with E-state index in [1.807, 2.05) is 12.1 Å². The predicted octanol–water partition coefficient (Wildman–Crippen LogP) is 1.46. The maximum absolute atomic E-state index is 13.1. The van der Waals surface area contributed by atoms with Gasteiger partial charge >= 0.3 is 6.18 Å². The summed E-state index contributed by atoms with van der Waals surface area (Å²) in [4.78, 5) is 2.18. The van der Waals surface area contributed by atoms with Crippen molar-refractivity contribution >= 4 is 0 Å². The summed E-state index contributed by atoms with van der Waals surface area (Å²) < 4.78 is 39.3. The van der Waals surface area contributed by atoms with Crippen LogP contribution in [0.5, 0.6) is 0 Å². The molecule has 2 rings (SSSR count). The Morgan fingerprint density at radius 3 is 2.38 bits per heavy atom. The first-order valence-corrected chi connectivity index (χ1v) is 6.97. The highest BCUT2D eigenvalue weighted by Crippen LogP contribution is 2.34. The van der Waals surface area contributed by atoms with Gasteiger partial charge in [-0.15, -0.1) is 0 Å². The number of nitrogens with zero attached hydrogens (tertiary/aromatic N) is 2. The van der Waals surface area contributed by atoms with Crippen LogP contribution >= 0.6 is 0 Å². The fraction of sp³-hybridized carbons (Fsp3) is 0.571. The summed E-state index contributed by atoms with van der Waals surface area (Å²) >= 11 is 0. The molecular formula is C14H21F3N4. The Hall–Kier alpha value is -1.15. The summed E-state index contributed by atoms with van der Waals surface area (Å²) in [5.74, 6) is 0. The van der Waals surface area contributed by atoms with E-state index in [2.05, 4.69) is 10.3 Å². The molecule has 0 amide bonds. The molecule has 1 unspecified atom stereocenters. The molecule has 21 heavy (non-hydrogen) atoms. The zero-order valence-electron chi connectivity index (χ0n) is 12.0.